The van der Waals surface area contributed by atoms with Gasteiger partial charge in [0.05, 0.1) is 17.6 Å². The number of carbonyl (C=O) groups excluding carboxylic acids is 1. The third kappa shape index (κ3) is 4.61. The van der Waals surface area contributed by atoms with E-state index in [4.69, 9.17) is 4.74 Å². The lowest BCUT2D eigenvalue weighted by Crippen LogP contribution is -2.23. The number of methoxy groups -OCH3 is 1. The van der Waals surface area contributed by atoms with Crippen molar-refractivity contribution >= 4 is 34.1 Å². The smallest absolute Gasteiger partial charge is 0.251 e. The van der Waals surface area contributed by atoms with Crippen LogP contribution < -0.4 is 10.9 Å². The van der Waals surface area contributed by atoms with Gasteiger partial charge < -0.3 is 9.72 Å². The van der Waals surface area contributed by atoms with Crippen LogP contribution in [-0.2, 0) is 16.1 Å². The predicted molar refractivity (Wildman–Crippen MR) is 84.2 cm³/mol. The number of carbonyl (C=O) groups is 1. The maximum Gasteiger partial charge on any atom is 0.251 e. The monoisotopic (exact) mass is 341 g/mol. The highest BCUT2D eigenvalue weighted by atomic mass is 32.2. The van der Waals surface area contributed by atoms with Gasteiger partial charge in [-0.3, -0.25) is 14.9 Å². The number of nitrogens with zero attached hydrogens (tertiary/aromatic N) is 3. The SMILES string of the molecule is COCc1cc(=O)[nH]c(SC(C)C(=O)Nc2nnc(C)s2)n1. The average molecular weight is 341 g/mol. The number of anilines is 1. The van der Waals surface area contributed by atoms with Gasteiger partial charge in [-0.15, -0.1) is 10.2 Å². The highest BCUT2D eigenvalue weighted by Crippen LogP contribution is 2.21. The van der Waals surface area contributed by atoms with E-state index in [0.29, 0.717) is 16.0 Å². The minimum atomic E-state index is -0.454. The lowest BCUT2D eigenvalue weighted by molar-refractivity contribution is -0.115. The van der Waals surface area contributed by atoms with Crippen molar-refractivity contribution in [3.63, 3.8) is 0 Å². The molecule has 0 saturated carbocycles. The summed E-state index contributed by atoms with van der Waals surface area (Å²) in [4.78, 5) is 30.5. The van der Waals surface area contributed by atoms with Crippen LogP contribution in [0.1, 0.15) is 17.6 Å². The van der Waals surface area contributed by atoms with E-state index >= 15 is 0 Å². The van der Waals surface area contributed by atoms with Crippen LogP contribution in [0.15, 0.2) is 16.0 Å². The topological polar surface area (TPSA) is 110 Å². The van der Waals surface area contributed by atoms with E-state index < -0.39 is 5.25 Å². The molecule has 0 aliphatic rings. The first-order chi connectivity index (χ1) is 10.5. The molecular weight excluding hydrogens is 326 g/mol. The van der Waals surface area contributed by atoms with Crippen molar-refractivity contribution < 1.29 is 9.53 Å². The second-order valence-corrected chi connectivity index (χ2v) is 6.86. The molecule has 22 heavy (non-hydrogen) atoms. The van der Waals surface area contributed by atoms with Crippen LogP contribution in [0.4, 0.5) is 5.13 Å². The Hall–Kier alpha value is -1.78. The number of aryl methyl sites for hydroxylation is 1. The van der Waals surface area contributed by atoms with Gasteiger partial charge in [-0.05, 0) is 13.8 Å². The zero-order valence-corrected chi connectivity index (χ0v) is 13.9. The van der Waals surface area contributed by atoms with Crippen molar-refractivity contribution in [3.05, 3.63) is 27.1 Å². The molecule has 1 amide bonds. The Morgan fingerprint density at radius 2 is 2.32 bits per heavy atom. The number of thioether (sulfide) groups is 1. The molecule has 1 unspecified atom stereocenters. The van der Waals surface area contributed by atoms with Gasteiger partial charge in [0, 0.05) is 13.2 Å². The number of ether oxygens (including phenoxy) is 1. The number of nitrogens with one attached hydrogen (secondary N) is 2. The molecule has 0 fully saturated rings. The molecular formula is C12H15N5O3S2. The molecule has 0 aromatic carbocycles. The second kappa shape index (κ2) is 7.47. The van der Waals surface area contributed by atoms with Crippen molar-refractivity contribution in [2.75, 3.05) is 12.4 Å². The molecule has 0 aliphatic carbocycles. The molecule has 1 atom stereocenters. The fourth-order valence-corrected chi connectivity index (χ4v) is 2.96. The first-order valence-corrected chi connectivity index (χ1v) is 8.04. The number of hydrogen-bond acceptors (Lipinski definition) is 8. The maximum atomic E-state index is 12.1. The van der Waals surface area contributed by atoms with Gasteiger partial charge in [0.15, 0.2) is 5.16 Å². The summed E-state index contributed by atoms with van der Waals surface area (Å²) >= 11 is 2.45. The predicted octanol–water partition coefficient (Wildman–Crippen LogP) is 1.20. The van der Waals surface area contributed by atoms with Crippen LogP contribution in [0, 0.1) is 6.92 Å². The summed E-state index contributed by atoms with van der Waals surface area (Å²) in [6.07, 6.45) is 0. The number of amides is 1. The molecule has 0 saturated heterocycles. The minimum Gasteiger partial charge on any atom is -0.378 e. The van der Waals surface area contributed by atoms with Gasteiger partial charge in [0.25, 0.3) is 5.56 Å². The van der Waals surface area contributed by atoms with Crippen LogP contribution >= 0.6 is 23.1 Å². The van der Waals surface area contributed by atoms with E-state index in [2.05, 4.69) is 25.5 Å². The summed E-state index contributed by atoms with van der Waals surface area (Å²) in [5.74, 6) is -0.235. The molecule has 2 aromatic heterocycles. The third-order valence-corrected chi connectivity index (χ3v) is 4.22. The first kappa shape index (κ1) is 16.6. The van der Waals surface area contributed by atoms with E-state index in [1.807, 2.05) is 6.92 Å². The molecule has 0 bridgehead atoms. The van der Waals surface area contributed by atoms with Crippen molar-refractivity contribution in [2.45, 2.75) is 30.9 Å². The molecule has 2 heterocycles. The summed E-state index contributed by atoms with van der Waals surface area (Å²) in [6, 6.07) is 1.36. The van der Waals surface area contributed by atoms with Crippen molar-refractivity contribution in [1.29, 1.82) is 0 Å². The fourth-order valence-electron chi connectivity index (χ4n) is 1.54. The second-order valence-electron chi connectivity index (χ2n) is 4.35. The highest BCUT2D eigenvalue weighted by Gasteiger charge is 2.17. The van der Waals surface area contributed by atoms with Crippen LogP contribution in [-0.4, -0.2) is 38.4 Å². The largest absolute Gasteiger partial charge is 0.378 e. The van der Waals surface area contributed by atoms with Crippen LogP contribution in [0.3, 0.4) is 0 Å². The van der Waals surface area contributed by atoms with Crippen molar-refractivity contribution in [1.82, 2.24) is 20.2 Å². The third-order valence-electron chi connectivity index (χ3n) is 2.48. The molecule has 0 radical (unpaired) electrons. The molecule has 8 nitrogen and oxygen atoms in total. The Labute approximate surface area is 134 Å². The lowest BCUT2D eigenvalue weighted by atomic mass is 10.4. The normalized spacial score (nSPS) is 12.1. The molecule has 0 aliphatic heterocycles. The summed E-state index contributed by atoms with van der Waals surface area (Å²) in [5.41, 5.74) is 0.234. The average Bonchev–Trinajstić information content (AvgIpc) is 2.83. The summed E-state index contributed by atoms with van der Waals surface area (Å²) in [6.45, 7) is 3.76. The number of hydrogen-bond donors (Lipinski definition) is 2. The van der Waals surface area contributed by atoms with E-state index in [-0.39, 0.29) is 18.1 Å². The molecule has 2 N–H and O–H groups in total. The Balaban J connectivity index is 2.03. The van der Waals surface area contributed by atoms with E-state index in [9.17, 15) is 9.59 Å². The van der Waals surface area contributed by atoms with Crippen LogP contribution in [0.25, 0.3) is 0 Å². The van der Waals surface area contributed by atoms with E-state index in [0.717, 1.165) is 16.8 Å². The number of rotatable bonds is 6. The van der Waals surface area contributed by atoms with Gasteiger partial charge in [0.1, 0.15) is 5.01 Å². The van der Waals surface area contributed by atoms with Gasteiger partial charge >= 0.3 is 0 Å². The number of aromatic amines is 1. The number of aromatic nitrogens is 4. The molecule has 0 spiro atoms. The Bertz CT molecular complexity index is 715. The Kier molecular flexibility index (Phi) is 5.63. The summed E-state index contributed by atoms with van der Waals surface area (Å²) in [7, 11) is 1.52. The summed E-state index contributed by atoms with van der Waals surface area (Å²) in [5, 5.41) is 11.5. The highest BCUT2D eigenvalue weighted by molar-refractivity contribution is 8.00. The van der Waals surface area contributed by atoms with Crippen molar-refractivity contribution in [3.8, 4) is 0 Å². The van der Waals surface area contributed by atoms with Gasteiger partial charge in [0.2, 0.25) is 11.0 Å². The standard InChI is InChI=1S/C12H15N5O3S2/c1-6(10(19)15-12-17-16-7(2)22-12)21-11-13-8(5-20-3)4-9(18)14-11/h4,6H,5H2,1-3H3,(H,13,14,18)(H,15,17,19). The lowest BCUT2D eigenvalue weighted by Gasteiger charge is -2.10. The quantitative estimate of drug-likeness (QED) is 0.600. The molecule has 10 heteroatoms. The van der Waals surface area contributed by atoms with Gasteiger partial charge in [-0.1, -0.05) is 23.1 Å². The van der Waals surface area contributed by atoms with Gasteiger partial charge in [-0.2, -0.15) is 0 Å². The fraction of sp³-hybridized carbons (Fsp3) is 0.417. The van der Waals surface area contributed by atoms with Gasteiger partial charge in [-0.25, -0.2) is 4.98 Å². The molecule has 118 valence electrons. The first-order valence-electron chi connectivity index (χ1n) is 6.34. The van der Waals surface area contributed by atoms with Crippen molar-refractivity contribution in [2.24, 2.45) is 0 Å². The zero-order chi connectivity index (χ0) is 16.1. The van der Waals surface area contributed by atoms with E-state index in [1.165, 1.54) is 24.5 Å². The number of H-pyrrole nitrogens is 1. The van der Waals surface area contributed by atoms with Crippen LogP contribution in [0.2, 0.25) is 0 Å². The zero-order valence-electron chi connectivity index (χ0n) is 12.2. The minimum absolute atomic E-state index is 0.235. The summed E-state index contributed by atoms with van der Waals surface area (Å²) < 4.78 is 4.95. The Morgan fingerprint density at radius 1 is 1.55 bits per heavy atom. The van der Waals surface area contributed by atoms with E-state index in [1.54, 1.807) is 6.92 Å². The maximum absolute atomic E-state index is 12.1. The Morgan fingerprint density at radius 3 is 2.95 bits per heavy atom. The van der Waals surface area contributed by atoms with Crippen LogP contribution in [0.5, 0.6) is 0 Å². The molecule has 2 rings (SSSR count). The molecule has 2 aromatic rings.